The van der Waals surface area contributed by atoms with E-state index in [0.717, 1.165) is 11.4 Å². The van der Waals surface area contributed by atoms with Gasteiger partial charge in [0, 0.05) is 5.56 Å². The highest BCUT2D eigenvalue weighted by molar-refractivity contribution is 5.95. The first-order chi connectivity index (χ1) is 7.70. The van der Waals surface area contributed by atoms with Crippen LogP contribution in [0.2, 0.25) is 0 Å². The van der Waals surface area contributed by atoms with Gasteiger partial charge in [-0.25, -0.2) is 0 Å². The molecule has 1 atom stereocenters. The average Bonchev–Trinajstić information content (AvgIpc) is 2.28. The van der Waals surface area contributed by atoms with Gasteiger partial charge >= 0.3 is 0 Å². The maximum absolute atomic E-state index is 11.2. The van der Waals surface area contributed by atoms with Crippen molar-refractivity contribution in [2.24, 2.45) is 0 Å². The van der Waals surface area contributed by atoms with Gasteiger partial charge < -0.3 is 10.1 Å². The zero-order valence-electron chi connectivity index (χ0n) is 8.99. The zero-order chi connectivity index (χ0) is 11.5. The van der Waals surface area contributed by atoms with E-state index in [2.05, 4.69) is 11.4 Å². The summed E-state index contributed by atoms with van der Waals surface area (Å²) in [5.41, 5.74) is 1.44. The maximum atomic E-state index is 11.2. The van der Waals surface area contributed by atoms with Gasteiger partial charge in [-0.2, -0.15) is 5.26 Å². The number of carbonyl (C=O) groups is 1. The Labute approximate surface area is 93.8 Å². The number of ether oxygens (including phenoxy) is 1. The number of hydrogen-bond acceptors (Lipinski definition) is 4. The molecule has 1 heterocycles. The van der Waals surface area contributed by atoms with Gasteiger partial charge in [0.05, 0.1) is 24.2 Å². The minimum Gasteiger partial charge on any atom is -0.489 e. The molecule has 0 bridgehead atoms. The van der Waals surface area contributed by atoms with Gasteiger partial charge in [0.1, 0.15) is 12.4 Å². The molecule has 82 valence electrons. The Balaban J connectivity index is 2.25. The summed E-state index contributed by atoms with van der Waals surface area (Å²) in [5, 5.41) is 11.8. The lowest BCUT2D eigenvalue weighted by molar-refractivity contribution is 0.101. The standard InChI is InChI=1S/C12H12N2O2/c1-8(15)9-2-3-12-11(6-9)14-10(4-5-13)7-16-12/h2-3,6,10,14H,4,7H2,1H3. The van der Waals surface area contributed by atoms with E-state index < -0.39 is 0 Å². The van der Waals surface area contributed by atoms with Crippen molar-refractivity contribution in [3.8, 4) is 11.8 Å². The number of benzene rings is 1. The normalized spacial score (nSPS) is 17.6. The van der Waals surface area contributed by atoms with Crippen molar-refractivity contribution in [2.45, 2.75) is 19.4 Å². The quantitative estimate of drug-likeness (QED) is 0.768. The molecule has 1 N–H and O–H groups in total. The molecule has 4 heteroatoms. The van der Waals surface area contributed by atoms with Gasteiger partial charge in [-0.05, 0) is 25.1 Å². The molecular weight excluding hydrogens is 204 g/mol. The van der Waals surface area contributed by atoms with E-state index in [1.807, 2.05) is 0 Å². The molecule has 0 saturated carbocycles. The lowest BCUT2D eigenvalue weighted by atomic mass is 10.1. The molecule has 1 aromatic rings. The number of anilines is 1. The van der Waals surface area contributed by atoms with Gasteiger partial charge in [0.15, 0.2) is 5.78 Å². The van der Waals surface area contributed by atoms with Gasteiger partial charge in [-0.15, -0.1) is 0 Å². The molecule has 1 aliphatic heterocycles. The predicted molar refractivity (Wildman–Crippen MR) is 59.6 cm³/mol. The van der Waals surface area contributed by atoms with E-state index in [-0.39, 0.29) is 11.8 Å². The van der Waals surface area contributed by atoms with Crippen molar-refractivity contribution in [3.05, 3.63) is 23.8 Å². The van der Waals surface area contributed by atoms with Gasteiger partial charge in [0.25, 0.3) is 0 Å². The fourth-order valence-electron chi connectivity index (χ4n) is 1.66. The molecule has 1 aliphatic rings. The molecule has 0 fully saturated rings. The van der Waals surface area contributed by atoms with Crippen LogP contribution in [0, 0.1) is 11.3 Å². The second-order valence-electron chi connectivity index (χ2n) is 3.78. The Kier molecular flexibility index (Phi) is 2.78. The summed E-state index contributed by atoms with van der Waals surface area (Å²) in [4.78, 5) is 11.2. The third-order valence-electron chi connectivity index (χ3n) is 2.52. The van der Waals surface area contributed by atoms with Crippen molar-refractivity contribution in [2.75, 3.05) is 11.9 Å². The van der Waals surface area contributed by atoms with Crippen LogP contribution in [-0.2, 0) is 0 Å². The van der Waals surface area contributed by atoms with E-state index in [9.17, 15) is 4.79 Å². The maximum Gasteiger partial charge on any atom is 0.159 e. The molecule has 0 saturated heterocycles. The first-order valence-corrected chi connectivity index (χ1v) is 5.12. The molecule has 0 aliphatic carbocycles. The van der Waals surface area contributed by atoms with Crippen molar-refractivity contribution < 1.29 is 9.53 Å². The van der Waals surface area contributed by atoms with Crippen LogP contribution >= 0.6 is 0 Å². The molecule has 0 spiro atoms. The number of Topliss-reactive ketones (excluding diaryl/α,β-unsaturated/α-hetero) is 1. The smallest absolute Gasteiger partial charge is 0.159 e. The summed E-state index contributed by atoms with van der Waals surface area (Å²) in [6.45, 7) is 2.01. The van der Waals surface area contributed by atoms with E-state index >= 15 is 0 Å². The minimum atomic E-state index is -0.000270. The van der Waals surface area contributed by atoms with Crippen LogP contribution in [0.1, 0.15) is 23.7 Å². The van der Waals surface area contributed by atoms with E-state index in [0.29, 0.717) is 18.6 Å². The highest BCUT2D eigenvalue weighted by Crippen LogP contribution is 2.30. The van der Waals surface area contributed by atoms with Gasteiger partial charge in [-0.1, -0.05) is 0 Å². The molecule has 16 heavy (non-hydrogen) atoms. The highest BCUT2D eigenvalue weighted by atomic mass is 16.5. The van der Waals surface area contributed by atoms with E-state index in [1.165, 1.54) is 6.92 Å². The van der Waals surface area contributed by atoms with Gasteiger partial charge in [0.2, 0.25) is 0 Å². The van der Waals surface area contributed by atoms with Crippen LogP contribution in [0.5, 0.6) is 5.75 Å². The monoisotopic (exact) mass is 216 g/mol. The summed E-state index contributed by atoms with van der Waals surface area (Å²) >= 11 is 0. The highest BCUT2D eigenvalue weighted by Gasteiger charge is 2.19. The summed E-state index contributed by atoms with van der Waals surface area (Å²) in [5.74, 6) is 0.756. The molecule has 0 aromatic heterocycles. The average molecular weight is 216 g/mol. The number of fused-ring (bicyclic) bond motifs is 1. The number of rotatable bonds is 2. The molecule has 2 rings (SSSR count). The molecule has 1 aromatic carbocycles. The lowest BCUT2D eigenvalue weighted by Gasteiger charge is -2.26. The minimum absolute atomic E-state index is 0.000270. The first kappa shape index (κ1) is 10.5. The number of nitrogens with zero attached hydrogens (tertiary/aromatic N) is 1. The third-order valence-corrected chi connectivity index (χ3v) is 2.52. The Morgan fingerprint density at radius 3 is 3.19 bits per heavy atom. The van der Waals surface area contributed by atoms with Crippen LogP contribution in [0.3, 0.4) is 0 Å². The molecule has 4 nitrogen and oxygen atoms in total. The SMILES string of the molecule is CC(=O)c1ccc2c(c1)NC(CC#N)CO2. The van der Waals surface area contributed by atoms with Crippen molar-refractivity contribution in [1.82, 2.24) is 0 Å². The van der Waals surface area contributed by atoms with Crippen LogP contribution < -0.4 is 10.1 Å². The predicted octanol–water partition coefficient (Wildman–Crippen LogP) is 1.98. The molecule has 0 amide bonds. The summed E-state index contributed by atoms with van der Waals surface area (Å²) in [6, 6.07) is 7.38. The fraction of sp³-hybridized carbons (Fsp3) is 0.333. The van der Waals surface area contributed by atoms with Crippen LogP contribution in [0.4, 0.5) is 5.69 Å². The van der Waals surface area contributed by atoms with Crippen LogP contribution in [-0.4, -0.2) is 18.4 Å². The van der Waals surface area contributed by atoms with E-state index in [1.54, 1.807) is 18.2 Å². The third kappa shape index (κ3) is 1.98. The summed E-state index contributed by atoms with van der Waals surface area (Å²) < 4.78 is 5.50. The first-order valence-electron chi connectivity index (χ1n) is 5.12. The largest absolute Gasteiger partial charge is 0.489 e. The van der Waals surface area contributed by atoms with Crippen LogP contribution in [0.25, 0.3) is 0 Å². The Bertz CT molecular complexity index is 463. The number of ketones is 1. The number of nitrogens with one attached hydrogen (secondary N) is 1. The second kappa shape index (κ2) is 4.23. The number of carbonyl (C=O) groups excluding carboxylic acids is 1. The molecule has 0 radical (unpaired) electrons. The van der Waals surface area contributed by atoms with Gasteiger partial charge in [-0.3, -0.25) is 4.79 Å². The van der Waals surface area contributed by atoms with E-state index in [4.69, 9.17) is 10.00 Å². The molecule has 1 unspecified atom stereocenters. The van der Waals surface area contributed by atoms with Crippen molar-refractivity contribution in [3.63, 3.8) is 0 Å². The molecular formula is C12H12N2O2. The number of hydrogen-bond donors (Lipinski definition) is 1. The van der Waals surface area contributed by atoms with Crippen molar-refractivity contribution in [1.29, 1.82) is 5.26 Å². The Morgan fingerprint density at radius 1 is 1.69 bits per heavy atom. The van der Waals surface area contributed by atoms with Crippen molar-refractivity contribution >= 4 is 11.5 Å². The van der Waals surface area contributed by atoms with Crippen LogP contribution in [0.15, 0.2) is 18.2 Å². The Hall–Kier alpha value is -2.02. The summed E-state index contributed by atoms with van der Waals surface area (Å²) in [7, 11) is 0. The lowest BCUT2D eigenvalue weighted by Crippen LogP contribution is -2.31. The number of nitriles is 1. The fourth-order valence-corrected chi connectivity index (χ4v) is 1.66. The Morgan fingerprint density at radius 2 is 2.50 bits per heavy atom. The second-order valence-corrected chi connectivity index (χ2v) is 3.78. The topological polar surface area (TPSA) is 62.1 Å². The zero-order valence-corrected chi connectivity index (χ0v) is 8.99. The summed E-state index contributed by atoms with van der Waals surface area (Å²) in [6.07, 6.45) is 0.393.